The molecule has 2 rings (SSSR count). The highest BCUT2D eigenvalue weighted by atomic mass is 14.7. The topological polar surface area (TPSA) is 15.8 Å². The SMILES string of the molecule is CC(C)(C)Cc1c[nH]c2c1CC=CC=C2. The summed E-state index contributed by atoms with van der Waals surface area (Å²) in [5.41, 5.74) is 4.57. The average Bonchev–Trinajstić information content (AvgIpc) is 2.35. The van der Waals surface area contributed by atoms with E-state index >= 15 is 0 Å². The van der Waals surface area contributed by atoms with E-state index in [-0.39, 0.29) is 0 Å². The fraction of sp³-hybridized carbons (Fsp3) is 0.429. The quantitative estimate of drug-likeness (QED) is 0.712. The van der Waals surface area contributed by atoms with Gasteiger partial charge in [0, 0.05) is 11.9 Å². The lowest BCUT2D eigenvalue weighted by molar-refractivity contribution is 0.410. The number of rotatable bonds is 1. The summed E-state index contributed by atoms with van der Waals surface area (Å²) in [5, 5.41) is 0. The second-order valence-electron chi connectivity index (χ2n) is 5.43. The molecule has 1 nitrogen and oxygen atoms in total. The summed E-state index contributed by atoms with van der Waals surface area (Å²) in [4.78, 5) is 3.36. The fourth-order valence-electron chi connectivity index (χ4n) is 2.05. The summed E-state index contributed by atoms with van der Waals surface area (Å²) >= 11 is 0. The molecule has 0 atom stereocenters. The molecular formula is C14H19N. The molecule has 1 N–H and O–H groups in total. The largest absolute Gasteiger partial charge is 0.361 e. The summed E-state index contributed by atoms with van der Waals surface area (Å²) in [6.45, 7) is 6.86. The normalized spacial score (nSPS) is 15.1. The Balaban J connectivity index is 2.31. The van der Waals surface area contributed by atoms with Crippen LogP contribution in [-0.2, 0) is 12.8 Å². The van der Waals surface area contributed by atoms with Crippen LogP contribution in [0.15, 0.2) is 24.4 Å². The molecule has 1 heteroatoms. The lowest BCUT2D eigenvalue weighted by atomic mass is 9.87. The van der Waals surface area contributed by atoms with E-state index in [1.165, 1.54) is 16.8 Å². The Hall–Kier alpha value is -1.24. The lowest BCUT2D eigenvalue weighted by Crippen LogP contribution is -2.09. The van der Waals surface area contributed by atoms with Crippen molar-refractivity contribution < 1.29 is 0 Å². The van der Waals surface area contributed by atoms with Crippen molar-refractivity contribution in [2.45, 2.75) is 33.6 Å². The second kappa shape index (κ2) is 3.73. The van der Waals surface area contributed by atoms with Crippen LogP contribution in [0.3, 0.4) is 0 Å². The number of nitrogens with one attached hydrogen (secondary N) is 1. The first-order valence-corrected chi connectivity index (χ1v) is 5.58. The lowest BCUT2D eigenvalue weighted by Gasteiger charge is -2.18. The van der Waals surface area contributed by atoms with E-state index in [0.29, 0.717) is 5.41 Å². The molecule has 0 saturated carbocycles. The Bertz CT molecular complexity index is 399. The van der Waals surface area contributed by atoms with Crippen molar-refractivity contribution in [3.8, 4) is 0 Å². The Morgan fingerprint density at radius 1 is 1.27 bits per heavy atom. The summed E-state index contributed by atoms with van der Waals surface area (Å²) in [6, 6.07) is 0. The molecule has 1 aliphatic carbocycles. The third-order valence-corrected chi connectivity index (χ3v) is 2.67. The first-order valence-electron chi connectivity index (χ1n) is 5.58. The van der Waals surface area contributed by atoms with Crippen LogP contribution in [-0.4, -0.2) is 4.98 Å². The predicted octanol–water partition coefficient (Wildman–Crippen LogP) is 3.73. The molecule has 0 amide bonds. The van der Waals surface area contributed by atoms with Crippen molar-refractivity contribution in [2.24, 2.45) is 5.41 Å². The Labute approximate surface area is 91.9 Å². The van der Waals surface area contributed by atoms with Crippen LogP contribution in [0, 0.1) is 5.41 Å². The maximum Gasteiger partial charge on any atom is 0.0418 e. The van der Waals surface area contributed by atoms with Gasteiger partial charge in [-0.3, -0.25) is 0 Å². The highest BCUT2D eigenvalue weighted by molar-refractivity contribution is 5.56. The molecule has 80 valence electrons. The monoisotopic (exact) mass is 201 g/mol. The van der Waals surface area contributed by atoms with Gasteiger partial charge in [-0.2, -0.15) is 0 Å². The van der Waals surface area contributed by atoms with Crippen molar-refractivity contribution >= 4 is 6.08 Å². The van der Waals surface area contributed by atoms with E-state index in [4.69, 9.17) is 0 Å². The molecule has 0 unspecified atom stereocenters. The maximum absolute atomic E-state index is 3.36. The van der Waals surface area contributed by atoms with Crippen LogP contribution in [0.1, 0.15) is 37.6 Å². The van der Waals surface area contributed by atoms with Crippen LogP contribution in [0.5, 0.6) is 0 Å². The van der Waals surface area contributed by atoms with E-state index in [9.17, 15) is 0 Å². The number of allylic oxidation sites excluding steroid dienone is 3. The van der Waals surface area contributed by atoms with Gasteiger partial charge in [-0.15, -0.1) is 0 Å². The summed E-state index contributed by atoms with van der Waals surface area (Å²) in [7, 11) is 0. The maximum atomic E-state index is 3.36. The Morgan fingerprint density at radius 3 is 2.80 bits per heavy atom. The first kappa shape index (κ1) is 10.3. The van der Waals surface area contributed by atoms with Crippen LogP contribution in [0.4, 0.5) is 0 Å². The van der Waals surface area contributed by atoms with Gasteiger partial charge in [0.05, 0.1) is 0 Å². The van der Waals surface area contributed by atoms with Gasteiger partial charge in [0.2, 0.25) is 0 Å². The standard InChI is InChI=1S/C14H19N/c1-14(2,3)9-11-10-15-13-8-6-4-5-7-12(11)13/h4-6,8,10,15H,7,9H2,1-3H3. The second-order valence-corrected chi connectivity index (χ2v) is 5.43. The number of H-pyrrole nitrogens is 1. The minimum Gasteiger partial charge on any atom is -0.361 e. The molecule has 1 aliphatic rings. The smallest absolute Gasteiger partial charge is 0.0418 e. The number of hydrogen-bond donors (Lipinski definition) is 1. The minimum atomic E-state index is 0.357. The Morgan fingerprint density at radius 2 is 2.07 bits per heavy atom. The zero-order chi connectivity index (χ0) is 10.9. The highest BCUT2D eigenvalue weighted by Gasteiger charge is 2.16. The van der Waals surface area contributed by atoms with Crippen LogP contribution in [0.25, 0.3) is 6.08 Å². The minimum absolute atomic E-state index is 0.357. The summed E-state index contributed by atoms with van der Waals surface area (Å²) < 4.78 is 0. The average molecular weight is 201 g/mol. The van der Waals surface area contributed by atoms with Crippen LogP contribution in [0.2, 0.25) is 0 Å². The molecule has 0 radical (unpaired) electrons. The number of aromatic amines is 1. The number of fused-ring (bicyclic) bond motifs is 1. The van der Waals surface area contributed by atoms with Crippen molar-refractivity contribution in [1.29, 1.82) is 0 Å². The molecule has 15 heavy (non-hydrogen) atoms. The Kier molecular flexibility index (Phi) is 2.56. The molecule has 1 aromatic heterocycles. The zero-order valence-corrected chi connectivity index (χ0v) is 9.80. The van der Waals surface area contributed by atoms with Gasteiger partial charge in [-0.05, 0) is 35.5 Å². The fourth-order valence-corrected chi connectivity index (χ4v) is 2.05. The van der Waals surface area contributed by atoms with Gasteiger partial charge in [-0.1, -0.05) is 39.0 Å². The van der Waals surface area contributed by atoms with E-state index in [1.807, 2.05) is 0 Å². The predicted molar refractivity (Wildman–Crippen MR) is 65.8 cm³/mol. The van der Waals surface area contributed by atoms with Crippen LogP contribution < -0.4 is 0 Å². The molecule has 0 bridgehead atoms. The highest BCUT2D eigenvalue weighted by Crippen LogP contribution is 2.26. The third-order valence-electron chi connectivity index (χ3n) is 2.67. The molecule has 0 spiro atoms. The molecule has 1 heterocycles. The van der Waals surface area contributed by atoms with Gasteiger partial charge < -0.3 is 4.98 Å². The summed E-state index contributed by atoms with van der Waals surface area (Å²) in [6.07, 6.45) is 13.0. The van der Waals surface area contributed by atoms with Gasteiger partial charge in [-0.25, -0.2) is 0 Å². The molecular weight excluding hydrogens is 182 g/mol. The van der Waals surface area contributed by atoms with Crippen LogP contribution >= 0.6 is 0 Å². The van der Waals surface area contributed by atoms with E-state index in [2.05, 4.69) is 56.3 Å². The van der Waals surface area contributed by atoms with Crippen molar-refractivity contribution in [3.05, 3.63) is 41.2 Å². The molecule has 1 aromatic rings. The van der Waals surface area contributed by atoms with Crippen molar-refractivity contribution in [3.63, 3.8) is 0 Å². The van der Waals surface area contributed by atoms with Crippen molar-refractivity contribution in [2.75, 3.05) is 0 Å². The van der Waals surface area contributed by atoms with Gasteiger partial charge in [0.1, 0.15) is 0 Å². The van der Waals surface area contributed by atoms with E-state index in [0.717, 1.165) is 12.8 Å². The molecule has 0 aliphatic heterocycles. The van der Waals surface area contributed by atoms with E-state index < -0.39 is 0 Å². The van der Waals surface area contributed by atoms with Gasteiger partial charge in [0.15, 0.2) is 0 Å². The molecule has 0 fully saturated rings. The third kappa shape index (κ3) is 2.41. The van der Waals surface area contributed by atoms with Gasteiger partial charge >= 0.3 is 0 Å². The first-order chi connectivity index (χ1) is 7.06. The van der Waals surface area contributed by atoms with Gasteiger partial charge in [0.25, 0.3) is 0 Å². The summed E-state index contributed by atoms with van der Waals surface area (Å²) in [5.74, 6) is 0. The number of aromatic nitrogens is 1. The van der Waals surface area contributed by atoms with Crippen molar-refractivity contribution in [1.82, 2.24) is 4.98 Å². The molecule has 0 aromatic carbocycles. The van der Waals surface area contributed by atoms with E-state index in [1.54, 1.807) is 0 Å². The molecule has 0 saturated heterocycles. The zero-order valence-electron chi connectivity index (χ0n) is 9.80. The number of hydrogen-bond acceptors (Lipinski definition) is 0.